The summed E-state index contributed by atoms with van der Waals surface area (Å²) in [7, 11) is 1.58. The largest absolute Gasteiger partial charge is 0.285 e. The zero-order chi connectivity index (χ0) is 9.64. The summed E-state index contributed by atoms with van der Waals surface area (Å²) >= 11 is 0. The zero-order valence-electron chi connectivity index (χ0n) is 7.91. The molecule has 0 aromatic carbocycles. The second-order valence-corrected chi connectivity index (χ2v) is 4.08. The lowest BCUT2D eigenvalue weighted by Gasteiger charge is -2.27. The predicted molar refractivity (Wildman–Crippen MR) is 47.7 cm³/mol. The molecular weight excluding hydrogens is 166 g/mol. The van der Waals surface area contributed by atoms with Gasteiger partial charge in [-0.05, 0) is 19.8 Å². The van der Waals surface area contributed by atoms with Gasteiger partial charge in [-0.1, -0.05) is 12.2 Å². The highest BCUT2D eigenvalue weighted by atomic mass is 16.2. The molecule has 2 amide bonds. The van der Waals surface area contributed by atoms with Crippen LogP contribution in [-0.4, -0.2) is 23.8 Å². The van der Waals surface area contributed by atoms with Crippen LogP contribution < -0.4 is 0 Å². The summed E-state index contributed by atoms with van der Waals surface area (Å²) < 4.78 is 0. The molecule has 0 aromatic heterocycles. The minimum atomic E-state index is -0.458. The Morgan fingerprint density at radius 2 is 2.15 bits per heavy atom. The molecule has 1 heterocycles. The fraction of sp³-hybridized carbons (Fsp3) is 0.600. The summed E-state index contributed by atoms with van der Waals surface area (Å²) in [6.07, 6.45) is 5.41. The molecule has 0 radical (unpaired) electrons. The molecule has 0 saturated carbocycles. The molecule has 3 nitrogen and oxygen atoms in total. The Bertz CT molecular complexity index is 308. The number of allylic oxidation sites excluding steroid dienone is 2. The van der Waals surface area contributed by atoms with Gasteiger partial charge < -0.3 is 0 Å². The average Bonchev–Trinajstić information content (AvgIpc) is 2.29. The molecule has 70 valence electrons. The van der Waals surface area contributed by atoms with E-state index in [1.165, 1.54) is 4.90 Å². The highest BCUT2D eigenvalue weighted by molar-refractivity contribution is 6.07. The predicted octanol–water partition coefficient (Wildman–Crippen LogP) is 0.958. The van der Waals surface area contributed by atoms with Crippen LogP contribution in [0.3, 0.4) is 0 Å². The Kier molecular flexibility index (Phi) is 1.59. The second kappa shape index (κ2) is 2.44. The highest BCUT2D eigenvalue weighted by Crippen LogP contribution is 2.44. The lowest BCUT2D eigenvalue weighted by Crippen LogP contribution is -2.33. The van der Waals surface area contributed by atoms with Crippen molar-refractivity contribution in [3.63, 3.8) is 0 Å². The number of rotatable bonds is 0. The number of fused-ring (bicyclic) bond motifs is 1. The van der Waals surface area contributed by atoms with Crippen molar-refractivity contribution in [2.75, 3.05) is 7.05 Å². The fourth-order valence-corrected chi connectivity index (χ4v) is 2.29. The maximum Gasteiger partial charge on any atom is 0.235 e. The first-order valence-corrected chi connectivity index (χ1v) is 4.54. The SMILES string of the molecule is CN1C(=O)C2CC=CC[C@@]2(C)C1=O. The lowest BCUT2D eigenvalue weighted by molar-refractivity contribution is -0.139. The Morgan fingerprint density at radius 3 is 2.77 bits per heavy atom. The smallest absolute Gasteiger partial charge is 0.235 e. The monoisotopic (exact) mass is 179 g/mol. The number of carbonyl (C=O) groups is 2. The molecule has 1 saturated heterocycles. The van der Waals surface area contributed by atoms with Gasteiger partial charge in [0.25, 0.3) is 0 Å². The lowest BCUT2D eigenvalue weighted by atomic mass is 9.72. The molecule has 0 N–H and O–H groups in total. The molecule has 2 aliphatic rings. The zero-order valence-corrected chi connectivity index (χ0v) is 7.91. The molecule has 13 heavy (non-hydrogen) atoms. The standard InChI is InChI=1S/C10H13NO2/c1-10-6-4-3-5-7(10)8(12)11(2)9(10)13/h3-4,7H,5-6H2,1-2H3/t7?,10-/m1/s1. The van der Waals surface area contributed by atoms with E-state index in [0.29, 0.717) is 12.8 Å². The number of imide groups is 1. The number of amides is 2. The van der Waals surface area contributed by atoms with E-state index in [2.05, 4.69) is 0 Å². The second-order valence-electron chi connectivity index (χ2n) is 4.08. The number of hydrogen-bond donors (Lipinski definition) is 0. The normalized spacial score (nSPS) is 38.3. The van der Waals surface area contributed by atoms with E-state index in [0.717, 1.165) is 0 Å². The van der Waals surface area contributed by atoms with Crippen LogP contribution in [0.5, 0.6) is 0 Å². The van der Waals surface area contributed by atoms with Crippen LogP contribution in [0.15, 0.2) is 12.2 Å². The van der Waals surface area contributed by atoms with Gasteiger partial charge in [0.1, 0.15) is 0 Å². The van der Waals surface area contributed by atoms with Crippen molar-refractivity contribution in [1.82, 2.24) is 4.90 Å². The highest BCUT2D eigenvalue weighted by Gasteiger charge is 2.54. The third kappa shape index (κ3) is 0.900. The van der Waals surface area contributed by atoms with Crippen molar-refractivity contribution >= 4 is 11.8 Å². The molecule has 0 bridgehead atoms. The third-order valence-corrected chi connectivity index (χ3v) is 3.27. The molecule has 1 aliphatic heterocycles. The van der Waals surface area contributed by atoms with Gasteiger partial charge in [-0.2, -0.15) is 0 Å². The van der Waals surface area contributed by atoms with Gasteiger partial charge in [0, 0.05) is 7.05 Å². The first-order chi connectivity index (χ1) is 6.07. The van der Waals surface area contributed by atoms with Crippen molar-refractivity contribution in [2.45, 2.75) is 19.8 Å². The van der Waals surface area contributed by atoms with Crippen LogP contribution in [0.2, 0.25) is 0 Å². The fourth-order valence-electron chi connectivity index (χ4n) is 2.29. The Labute approximate surface area is 77.4 Å². The molecule has 1 fully saturated rings. The van der Waals surface area contributed by atoms with Gasteiger partial charge in [-0.3, -0.25) is 14.5 Å². The maximum absolute atomic E-state index is 11.7. The summed E-state index contributed by atoms with van der Waals surface area (Å²) in [4.78, 5) is 24.6. The van der Waals surface area contributed by atoms with Gasteiger partial charge in [0.2, 0.25) is 11.8 Å². The average molecular weight is 179 g/mol. The van der Waals surface area contributed by atoms with Crippen molar-refractivity contribution in [3.05, 3.63) is 12.2 Å². The quantitative estimate of drug-likeness (QED) is 0.410. The van der Waals surface area contributed by atoms with E-state index in [9.17, 15) is 9.59 Å². The summed E-state index contributed by atoms with van der Waals surface area (Å²) in [6, 6.07) is 0. The van der Waals surface area contributed by atoms with E-state index in [4.69, 9.17) is 0 Å². The van der Waals surface area contributed by atoms with Crippen LogP contribution in [0.25, 0.3) is 0 Å². The van der Waals surface area contributed by atoms with Gasteiger partial charge in [0.15, 0.2) is 0 Å². The van der Waals surface area contributed by atoms with E-state index in [1.54, 1.807) is 7.05 Å². The van der Waals surface area contributed by atoms with Crippen LogP contribution in [0.1, 0.15) is 19.8 Å². The molecule has 2 rings (SSSR count). The maximum atomic E-state index is 11.7. The topological polar surface area (TPSA) is 37.4 Å². The molecule has 0 aromatic rings. The van der Waals surface area contributed by atoms with Crippen molar-refractivity contribution in [2.24, 2.45) is 11.3 Å². The van der Waals surface area contributed by atoms with Gasteiger partial charge >= 0.3 is 0 Å². The van der Waals surface area contributed by atoms with E-state index < -0.39 is 5.41 Å². The molecule has 2 atom stereocenters. The van der Waals surface area contributed by atoms with Crippen molar-refractivity contribution in [3.8, 4) is 0 Å². The number of carbonyl (C=O) groups excluding carboxylic acids is 2. The number of hydrogen-bond acceptors (Lipinski definition) is 2. The molecule has 3 heteroatoms. The van der Waals surface area contributed by atoms with Crippen LogP contribution in [-0.2, 0) is 9.59 Å². The van der Waals surface area contributed by atoms with E-state index in [-0.39, 0.29) is 17.7 Å². The van der Waals surface area contributed by atoms with Crippen LogP contribution in [0, 0.1) is 11.3 Å². The van der Waals surface area contributed by atoms with Crippen LogP contribution >= 0.6 is 0 Å². The van der Waals surface area contributed by atoms with Gasteiger partial charge in [0.05, 0.1) is 11.3 Å². The van der Waals surface area contributed by atoms with Gasteiger partial charge in [-0.15, -0.1) is 0 Å². The molecule has 1 aliphatic carbocycles. The Balaban J connectivity index is 2.44. The van der Waals surface area contributed by atoms with Crippen LogP contribution in [0.4, 0.5) is 0 Å². The third-order valence-electron chi connectivity index (χ3n) is 3.27. The molecule has 1 unspecified atom stereocenters. The van der Waals surface area contributed by atoms with Crippen molar-refractivity contribution < 1.29 is 9.59 Å². The van der Waals surface area contributed by atoms with Crippen molar-refractivity contribution in [1.29, 1.82) is 0 Å². The first-order valence-electron chi connectivity index (χ1n) is 4.54. The number of likely N-dealkylation sites (tertiary alicyclic amines) is 1. The summed E-state index contributed by atoms with van der Waals surface area (Å²) in [5.41, 5.74) is -0.458. The molecular formula is C10H13NO2. The summed E-state index contributed by atoms with van der Waals surface area (Å²) in [5, 5.41) is 0. The van der Waals surface area contributed by atoms with E-state index >= 15 is 0 Å². The first kappa shape index (κ1) is 8.48. The summed E-state index contributed by atoms with van der Waals surface area (Å²) in [6.45, 7) is 1.89. The number of nitrogens with zero attached hydrogens (tertiary/aromatic N) is 1. The Morgan fingerprint density at radius 1 is 1.46 bits per heavy atom. The molecule has 0 spiro atoms. The summed E-state index contributed by atoms with van der Waals surface area (Å²) in [5.74, 6) is -0.154. The minimum absolute atomic E-state index is 0.0168. The minimum Gasteiger partial charge on any atom is -0.285 e. The van der Waals surface area contributed by atoms with E-state index in [1.807, 2.05) is 19.1 Å². The Hall–Kier alpha value is -1.12. The van der Waals surface area contributed by atoms with Gasteiger partial charge in [-0.25, -0.2) is 0 Å².